The fraction of sp³-hybridized carbons (Fsp3) is 0.250. The highest BCUT2D eigenvalue weighted by molar-refractivity contribution is 7.92. The van der Waals surface area contributed by atoms with Crippen molar-refractivity contribution in [3.63, 3.8) is 0 Å². The first-order chi connectivity index (χ1) is 15.9. The molecule has 2 N–H and O–H groups in total. The summed E-state index contributed by atoms with van der Waals surface area (Å²) in [5, 5.41) is 9.80. The first-order valence-electron chi connectivity index (χ1n) is 10.8. The molecule has 172 valence electrons. The van der Waals surface area contributed by atoms with Crippen molar-refractivity contribution in [3.05, 3.63) is 78.0 Å². The quantitative estimate of drug-likeness (QED) is 0.550. The third-order valence-corrected chi connectivity index (χ3v) is 7.11. The average Bonchev–Trinajstić information content (AvgIpc) is 2.84. The van der Waals surface area contributed by atoms with Gasteiger partial charge in [-0.05, 0) is 54.4 Å². The summed E-state index contributed by atoms with van der Waals surface area (Å²) in [6, 6.07) is 17.0. The predicted octanol–water partition coefficient (Wildman–Crippen LogP) is 3.47. The van der Waals surface area contributed by atoms with E-state index in [0.29, 0.717) is 31.9 Å². The minimum Gasteiger partial charge on any atom is -0.478 e. The fourth-order valence-electron chi connectivity index (χ4n) is 3.88. The lowest BCUT2D eigenvalue weighted by molar-refractivity contribution is 0.0697. The summed E-state index contributed by atoms with van der Waals surface area (Å²) in [5.74, 6) is -0.210. The lowest BCUT2D eigenvalue weighted by Crippen LogP contribution is -2.47. The summed E-state index contributed by atoms with van der Waals surface area (Å²) in [5.41, 5.74) is 1.87. The Hall–Kier alpha value is -3.59. The summed E-state index contributed by atoms with van der Waals surface area (Å²) in [7, 11) is -3.83. The molecule has 4 rings (SSSR count). The second kappa shape index (κ2) is 9.50. The fourth-order valence-corrected chi connectivity index (χ4v) is 4.93. The van der Waals surface area contributed by atoms with Gasteiger partial charge >= 0.3 is 5.97 Å². The van der Waals surface area contributed by atoms with Crippen LogP contribution in [0.25, 0.3) is 0 Å². The van der Waals surface area contributed by atoms with E-state index in [9.17, 15) is 18.3 Å². The summed E-state index contributed by atoms with van der Waals surface area (Å²) in [6.07, 6.45) is 2.56. The largest absolute Gasteiger partial charge is 0.478 e. The minimum atomic E-state index is -3.83. The summed E-state index contributed by atoms with van der Waals surface area (Å²) < 4.78 is 28.0. The van der Waals surface area contributed by atoms with E-state index in [-0.39, 0.29) is 16.1 Å². The molecule has 1 aliphatic rings. The maximum atomic E-state index is 12.8. The van der Waals surface area contributed by atoms with Gasteiger partial charge in [-0.15, -0.1) is 0 Å². The van der Waals surface area contributed by atoms with Gasteiger partial charge < -0.3 is 14.9 Å². The Bertz CT molecular complexity index is 1220. The Morgan fingerprint density at radius 2 is 1.70 bits per heavy atom. The van der Waals surface area contributed by atoms with Crippen molar-refractivity contribution in [3.8, 4) is 0 Å². The van der Waals surface area contributed by atoms with E-state index in [1.165, 1.54) is 6.07 Å². The number of carboxylic acid groups (broad SMARTS) is 1. The number of carboxylic acids is 1. The van der Waals surface area contributed by atoms with Crippen LogP contribution in [-0.2, 0) is 16.4 Å². The van der Waals surface area contributed by atoms with Crippen LogP contribution >= 0.6 is 0 Å². The Morgan fingerprint density at radius 3 is 2.30 bits per heavy atom. The second-order valence-corrected chi connectivity index (χ2v) is 9.48. The summed E-state index contributed by atoms with van der Waals surface area (Å²) in [6.45, 7) is 4.67. The molecule has 8 nitrogen and oxygen atoms in total. The van der Waals surface area contributed by atoms with Crippen molar-refractivity contribution in [2.45, 2.75) is 18.2 Å². The third-order valence-electron chi connectivity index (χ3n) is 5.71. The molecule has 0 saturated carbocycles. The maximum absolute atomic E-state index is 12.8. The first kappa shape index (κ1) is 22.6. The van der Waals surface area contributed by atoms with Gasteiger partial charge in [-0.2, -0.15) is 0 Å². The highest BCUT2D eigenvalue weighted by atomic mass is 32.2. The number of nitrogens with zero attached hydrogens (tertiary/aromatic N) is 3. The Kier molecular flexibility index (Phi) is 6.50. The van der Waals surface area contributed by atoms with Gasteiger partial charge in [0.1, 0.15) is 5.82 Å². The maximum Gasteiger partial charge on any atom is 0.337 e. The van der Waals surface area contributed by atoms with E-state index in [1.54, 1.807) is 42.6 Å². The number of aryl methyl sites for hydroxylation is 1. The molecule has 0 aliphatic carbocycles. The SMILES string of the molecule is CCc1ccc(S(=O)(=O)Nc2ccc(N3CCN(c4ccccn4)CC3)c(C(=O)O)c2)cc1. The van der Waals surface area contributed by atoms with Crippen LogP contribution in [-0.4, -0.2) is 50.7 Å². The van der Waals surface area contributed by atoms with Crippen LogP contribution in [0.15, 0.2) is 71.8 Å². The van der Waals surface area contributed by atoms with Crippen molar-refractivity contribution in [1.29, 1.82) is 0 Å². The molecule has 2 heterocycles. The zero-order valence-electron chi connectivity index (χ0n) is 18.3. The molecule has 1 fully saturated rings. The van der Waals surface area contributed by atoms with Crippen molar-refractivity contribution < 1.29 is 18.3 Å². The average molecular weight is 467 g/mol. The number of hydrogen-bond donors (Lipinski definition) is 2. The number of aromatic carboxylic acids is 1. The normalized spacial score (nSPS) is 14.2. The number of rotatable bonds is 7. The monoisotopic (exact) mass is 466 g/mol. The number of carbonyl (C=O) groups is 1. The summed E-state index contributed by atoms with van der Waals surface area (Å²) in [4.78, 5) is 20.7. The standard InChI is InChI=1S/C24H26N4O4S/c1-2-18-6-9-20(10-7-18)33(31,32)26-19-8-11-22(21(17-19)24(29)30)27-13-15-28(16-14-27)23-5-3-4-12-25-23/h3-12,17,26H,2,13-16H2,1H3,(H,29,30). The predicted molar refractivity (Wildman–Crippen MR) is 129 cm³/mol. The van der Waals surface area contributed by atoms with Crippen LogP contribution in [0.2, 0.25) is 0 Å². The zero-order valence-corrected chi connectivity index (χ0v) is 19.1. The Balaban J connectivity index is 1.51. The van der Waals surface area contributed by atoms with Gasteiger partial charge in [0, 0.05) is 38.1 Å². The van der Waals surface area contributed by atoms with E-state index in [0.717, 1.165) is 17.8 Å². The molecule has 9 heteroatoms. The van der Waals surface area contributed by atoms with Crippen molar-refractivity contribution in [1.82, 2.24) is 4.98 Å². The number of anilines is 3. The molecule has 1 aliphatic heterocycles. The van der Waals surface area contributed by atoms with Crippen LogP contribution in [0.1, 0.15) is 22.8 Å². The van der Waals surface area contributed by atoms with E-state index in [1.807, 2.05) is 30.0 Å². The van der Waals surface area contributed by atoms with Crippen LogP contribution in [0, 0.1) is 0 Å². The van der Waals surface area contributed by atoms with Gasteiger partial charge in [0.05, 0.1) is 16.1 Å². The highest BCUT2D eigenvalue weighted by Gasteiger charge is 2.23. The molecule has 0 spiro atoms. The third kappa shape index (κ3) is 5.09. The van der Waals surface area contributed by atoms with E-state index in [2.05, 4.69) is 14.6 Å². The Morgan fingerprint density at radius 1 is 1.00 bits per heavy atom. The van der Waals surface area contributed by atoms with Crippen molar-refractivity contribution >= 4 is 33.2 Å². The van der Waals surface area contributed by atoms with Crippen LogP contribution in [0.3, 0.4) is 0 Å². The molecule has 3 aromatic rings. The molecule has 0 radical (unpaired) electrons. The number of sulfonamides is 1. The van der Waals surface area contributed by atoms with Gasteiger partial charge in [-0.25, -0.2) is 18.2 Å². The van der Waals surface area contributed by atoms with Crippen LogP contribution in [0.5, 0.6) is 0 Å². The number of pyridine rings is 1. The lowest BCUT2D eigenvalue weighted by Gasteiger charge is -2.37. The molecule has 0 amide bonds. The van der Waals surface area contributed by atoms with E-state index < -0.39 is 16.0 Å². The van der Waals surface area contributed by atoms with Crippen LogP contribution < -0.4 is 14.5 Å². The number of aromatic nitrogens is 1. The van der Waals surface area contributed by atoms with Crippen molar-refractivity contribution in [2.24, 2.45) is 0 Å². The Labute approximate surface area is 193 Å². The molecule has 0 atom stereocenters. The molecular formula is C24H26N4O4S. The second-order valence-electron chi connectivity index (χ2n) is 7.80. The number of hydrogen-bond acceptors (Lipinski definition) is 6. The van der Waals surface area contributed by atoms with Gasteiger partial charge in [-0.1, -0.05) is 25.1 Å². The molecule has 0 bridgehead atoms. The number of piperazine rings is 1. The van der Waals surface area contributed by atoms with Gasteiger partial charge in [0.15, 0.2) is 0 Å². The molecule has 0 unspecified atom stereocenters. The smallest absolute Gasteiger partial charge is 0.337 e. The molecule has 2 aromatic carbocycles. The highest BCUT2D eigenvalue weighted by Crippen LogP contribution is 2.28. The van der Waals surface area contributed by atoms with Gasteiger partial charge in [-0.3, -0.25) is 4.72 Å². The van der Waals surface area contributed by atoms with Gasteiger partial charge in [0.25, 0.3) is 10.0 Å². The van der Waals surface area contributed by atoms with Crippen LogP contribution in [0.4, 0.5) is 17.2 Å². The number of benzene rings is 2. The number of nitrogens with one attached hydrogen (secondary N) is 1. The first-order valence-corrected chi connectivity index (χ1v) is 12.3. The molecular weight excluding hydrogens is 440 g/mol. The van der Waals surface area contributed by atoms with E-state index >= 15 is 0 Å². The zero-order chi connectivity index (χ0) is 23.4. The molecule has 33 heavy (non-hydrogen) atoms. The van der Waals surface area contributed by atoms with E-state index in [4.69, 9.17) is 0 Å². The molecule has 1 saturated heterocycles. The van der Waals surface area contributed by atoms with Gasteiger partial charge in [0.2, 0.25) is 0 Å². The topological polar surface area (TPSA) is 103 Å². The summed E-state index contributed by atoms with van der Waals surface area (Å²) >= 11 is 0. The van der Waals surface area contributed by atoms with Crippen molar-refractivity contribution in [2.75, 3.05) is 40.7 Å². The lowest BCUT2D eigenvalue weighted by atomic mass is 10.1. The molecule has 1 aromatic heterocycles. The minimum absolute atomic E-state index is 0.0582.